The summed E-state index contributed by atoms with van der Waals surface area (Å²) in [5.74, 6) is 0. The molecule has 18 heavy (non-hydrogen) atoms. The highest BCUT2D eigenvalue weighted by molar-refractivity contribution is 9.09. The zero-order chi connectivity index (χ0) is 13.3. The van der Waals surface area contributed by atoms with Gasteiger partial charge in [-0.05, 0) is 49.1 Å². The van der Waals surface area contributed by atoms with E-state index in [1.165, 1.54) is 22.3 Å². The van der Waals surface area contributed by atoms with Crippen LogP contribution in [-0.2, 0) is 0 Å². The molecule has 0 heterocycles. The molecule has 0 aromatic heterocycles. The smallest absolute Gasteiger partial charge is 0.0661 e. The lowest BCUT2D eigenvalue weighted by Crippen LogP contribution is -1.97. The molecule has 0 bridgehead atoms. The summed E-state index contributed by atoms with van der Waals surface area (Å²) in [4.78, 5) is 0.145. The van der Waals surface area contributed by atoms with Crippen molar-refractivity contribution in [2.45, 2.75) is 25.6 Å². The van der Waals surface area contributed by atoms with Crippen molar-refractivity contribution in [3.05, 3.63) is 69.2 Å². The van der Waals surface area contributed by atoms with Gasteiger partial charge in [0, 0.05) is 5.02 Å². The minimum absolute atomic E-state index is 0.145. The molecule has 0 aliphatic carbocycles. The average molecular weight is 324 g/mol. The topological polar surface area (TPSA) is 0 Å². The monoisotopic (exact) mass is 322 g/mol. The van der Waals surface area contributed by atoms with E-state index in [9.17, 15) is 0 Å². The Morgan fingerprint density at radius 2 is 1.44 bits per heavy atom. The number of alkyl halides is 1. The van der Waals surface area contributed by atoms with Crippen LogP contribution in [0.1, 0.15) is 32.6 Å². The van der Waals surface area contributed by atoms with Gasteiger partial charge in [0.25, 0.3) is 0 Å². The van der Waals surface area contributed by atoms with E-state index in [-0.39, 0.29) is 4.83 Å². The van der Waals surface area contributed by atoms with E-state index in [2.05, 4.69) is 67.0 Å². The van der Waals surface area contributed by atoms with Crippen LogP contribution >= 0.6 is 27.5 Å². The van der Waals surface area contributed by atoms with Crippen molar-refractivity contribution in [2.24, 2.45) is 0 Å². The summed E-state index contributed by atoms with van der Waals surface area (Å²) in [5, 5.41) is 0.817. The second kappa shape index (κ2) is 5.46. The molecule has 0 spiro atoms. The third-order valence-electron chi connectivity index (χ3n) is 3.13. The summed E-state index contributed by atoms with van der Waals surface area (Å²) in [7, 11) is 0. The molecular weight excluding hydrogens is 308 g/mol. The highest BCUT2D eigenvalue weighted by Crippen LogP contribution is 2.37. The van der Waals surface area contributed by atoms with Gasteiger partial charge in [-0.1, -0.05) is 63.4 Å². The van der Waals surface area contributed by atoms with Crippen LogP contribution in [-0.4, -0.2) is 0 Å². The maximum Gasteiger partial charge on any atom is 0.0661 e. The molecule has 1 unspecified atom stereocenters. The molecule has 0 N–H and O–H groups in total. The maximum absolute atomic E-state index is 6.33. The molecule has 94 valence electrons. The summed E-state index contributed by atoms with van der Waals surface area (Å²) in [6.45, 7) is 6.30. The first-order chi connectivity index (χ1) is 8.49. The van der Waals surface area contributed by atoms with Gasteiger partial charge in [-0.25, -0.2) is 0 Å². The van der Waals surface area contributed by atoms with E-state index in [4.69, 9.17) is 11.6 Å². The van der Waals surface area contributed by atoms with Gasteiger partial charge in [-0.3, -0.25) is 0 Å². The quantitative estimate of drug-likeness (QED) is 0.617. The molecule has 2 rings (SSSR count). The van der Waals surface area contributed by atoms with Crippen molar-refractivity contribution in [3.8, 4) is 0 Å². The van der Waals surface area contributed by atoms with Crippen LogP contribution in [0.4, 0.5) is 0 Å². The van der Waals surface area contributed by atoms with Crippen molar-refractivity contribution >= 4 is 27.5 Å². The summed E-state index contributed by atoms with van der Waals surface area (Å²) < 4.78 is 0. The second-order valence-electron chi connectivity index (χ2n) is 4.75. The largest absolute Gasteiger partial charge is 0.0840 e. The van der Waals surface area contributed by atoms with Crippen LogP contribution in [0.2, 0.25) is 5.02 Å². The molecule has 0 radical (unpaired) electrons. The van der Waals surface area contributed by atoms with E-state index in [0.29, 0.717) is 0 Å². The predicted octanol–water partition coefficient (Wildman–Crippen LogP) is 5.75. The number of aryl methyl sites for hydroxylation is 3. The number of halogens is 2. The normalized spacial score (nSPS) is 12.5. The van der Waals surface area contributed by atoms with E-state index in [0.717, 1.165) is 10.6 Å². The Hall–Kier alpha value is -0.790. The Morgan fingerprint density at radius 3 is 2.00 bits per heavy atom. The average Bonchev–Trinajstić information content (AvgIpc) is 2.28. The predicted molar refractivity (Wildman–Crippen MR) is 82.9 cm³/mol. The van der Waals surface area contributed by atoms with Gasteiger partial charge in [0.1, 0.15) is 0 Å². The fourth-order valence-electron chi connectivity index (χ4n) is 2.12. The van der Waals surface area contributed by atoms with Gasteiger partial charge >= 0.3 is 0 Å². The Labute approximate surface area is 122 Å². The van der Waals surface area contributed by atoms with Gasteiger partial charge in [0.15, 0.2) is 0 Å². The number of benzene rings is 2. The first-order valence-corrected chi connectivity index (χ1v) is 7.25. The molecular formula is C16H16BrCl. The molecule has 0 fully saturated rings. The minimum atomic E-state index is 0.145. The van der Waals surface area contributed by atoms with Crippen LogP contribution in [0, 0.1) is 20.8 Å². The highest BCUT2D eigenvalue weighted by atomic mass is 79.9. The minimum Gasteiger partial charge on any atom is -0.0840 e. The molecule has 0 nitrogen and oxygen atoms in total. The summed E-state index contributed by atoms with van der Waals surface area (Å²) in [6, 6.07) is 12.7. The fraction of sp³-hybridized carbons (Fsp3) is 0.250. The molecule has 2 aromatic carbocycles. The number of hydrogen-bond donors (Lipinski definition) is 0. The zero-order valence-electron chi connectivity index (χ0n) is 10.8. The van der Waals surface area contributed by atoms with Crippen LogP contribution in [0.15, 0.2) is 36.4 Å². The van der Waals surface area contributed by atoms with Crippen molar-refractivity contribution in [1.82, 2.24) is 0 Å². The van der Waals surface area contributed by atoms with E-state index >= 15 is 0 Å². The zero-order valence-corrected chi connectivity index (χ0v) is 13.1. The first-order valence-electron chi connectivity index (χ1n) is 5.96. The fourth-order valence-corrected chi connectivity index (χ4v) is 3.50. The highest BCUT2D eigenvalue weighted by Gasteiger charge is 2.15. The molecule has 0 amide bonds. The lowest BCUT2D eigenvalue weighted by atomic mass is 9.98. The van der Waals surface area contributed by atoms with Crippen LogP contribution in [0.25, 0.3) is 0 Å². The molecule has 0 saturated heterocycles. The SMILES string of the molecule is Cc1ccc(C(Br)c2ccc(C)cc2Cl)c(C)c1. The van der Waals surface area contributed by atoms with Crippen LogP contribution < -0.4 is 0 Å². The molecule has 2 heteroatoms. The summed E-state index contributed by atoms with van der Waals surface area (Å²) in [6.07, 6.45) is 0. The van der Waals surface area contributed by atoms with Crippen molar-refractivity contribution < 1.29 is 0 Å². The van der Waals surface area contributed by atoms with Gasteiger partial charge in [0.2, 0.25) is 0 Å². The Balaban J connectivity index is 2.44. The standard InChI is InChI=1S/C16H16BrCl/c1-10-4-6-13(12(3)8-10)16(17)14-7-5-11(2)9-15(14)18/h4-9,16H,1-3H3. The third kappa shape index (κ3) is 2.78. The summed E-state index contributed by atoms with van der Waals surface area (Å²) >= 11 is 10.1. The van der Waals surface area contributed by atoms with Crippen molar-refractivity contribution in [1.29, 1.82) is 0 Å². The van der Waals surface area contributed by atoms with Gasteiger partial charge in [-0.15, -0.1) is 0 Å². The number of rotatable bonds is 2. The molecule has 1 atom stereocenters. The molecule has 0 saturated carbocycles. The lowest BCUT2D eigenvalue weighted by Gasteiger charge is -2.16. The van der Waals surface area contributed by atoms with Crippen LogP contribution in [0.3, 0.4) is 0 Å². The van der Waals surface area contributed by atoms with Gasteiger partial charge in [-0.2, -0.15) is 0 Å². The molecule has 0 aliphatic heterocycles. The third-order valence-corrected chi connectivity index (χ3v) is 4.44. The van der Waals surface area contributed by atoms with Crippen LogP contribution in [0.5, 0.6) is 0 Å². The second-order valence-corrected chi connectivity index (χ2v) is 6.07. The summed E-state index contributed by atoms with van der Waals surface area (Å²) in [5.41, 5.74) is 6.14. The Morgan fingerprint density at radius 1 is 0.889 bits per heavy atom. The number of hydrogen-bond acceptors (Lipinski definition) is 0. The van der Waals surface area contributed by atoms with Crippen molar-refractivity contribution in [3.63, 3.8) is 0 Å². The maximum atomic E-state index is 6.33. The Bertz CT molecular complexity index is 524. The Kier molecular flexibility index (Phi) is 4.14. The van der Waals surface area contributed by atoms with E-state index < -0.39 is 0 Å². The van der Waals surface area contributed by atoms with Crippen molar-refractivity contribution in [2.75, 3.05) is 0 Å². The van der Waals surface area contributed by atoms with E-state index in [1.54, 1.807) is 0 Å². The van der Waals surface area contributed by atoms with E-state index in [1.807, 2.05) is 6.07 Å². The molecule has 2 aromatic rings. The first kappa shape index (κ1) is 13.6. The van der Waals surface area contributed by atoms with Gasteiger partial charge in [0.05, 0.1) is 4.83 Å². The molecule has 0 aliphatic rings. The lowest BCUT2D eigenvalue weighted by molar-refractivity contribution is 1.13. The van der Waals surface area contributed by atoms with Gasteiger partial charge < -0.3 is 0 Å².